The highest BCUT2D eigenvalue weighted by Crippen LogP contribution is 2.30. The summed E-state index contributed by atoms with van der Waals surface area (Å²) in [4.78, 5) is 20.5. The van der Waals surface area contributed by atoms with Crippen LogP contribution < -0.4 is 0 Å². The van der Waals surface area contributed by atoms with Crippen molar-refractivity contribution in [2.75, 3.05) is 0 Å². The summed E-state index contributed by atoms with van der Waals surface area (Å²) >= 11 is 5.86. The van der Waals surface area contributed by atoms with Crippen LogP contribution in [-0.2, 0) is 25.8 Å². The topological polar surface area (TPSA) is 94.3 Å². The van der Waals surface area contributed by atoms with Gasteiger partial charge in [-0.25, -0.2) is 8.42 Å². The summed E-state index contributed by atoms with van der Waals surface area (Å²) in [6.07, 6.45) is 2.28. The summed E-state index contributed by atoms with van der Waals surface area (Å²) in [5.41, 5.74) is 0.748. The number of unbranched alkanes of at least 4 members (excludes halogenated alkanes) is 1. The van der Waals surface area contributed by atoms with Crippen LogP contribution in [0.4, 0.5) is 0 Å². The molecular formula is C21H22ClNO5S. The molecule has 0 saturated carbocycles. The Kier molecular flexibility index (Phi) is 9.99. The molecule has 1 heterocycles. The first-order valence-corrected chi connectivity index (χ1v) is 10.5. The first kappa shape index (κ1) is 24.3. The Hall–Kier alpha value is -2.77. The molecule has 29 heavy (non-hydrogen) atoms. The summed E-state index contributed by atoms with van der Waals surface area (Å²) in [7, 11) is -3.77. The van der Waals surface area contributed by atoms with E-state index in [4.69, 9.17) is 25.6 Å². The predicted octanol–water partition coefficient (Wildman–Crippen LogP) is 4.80. The lowest BCUT2D eigenvalue weighted by Crippen LogP contribution is -2.05. The molecule has 0 fully saturated rings. The van der Waals surface area contributed by atoms with Crippen molar-refractivity contribution in [1.29, 1.82) is 0 Å². The van der Waals surface area contributed by atoms with E-state index in [1.54, 1.807) is 12.1 Å². The fourth-order valence-corrected chi connectivity index (χ4v) is 3.96. The molecule has 0 aliphatic rings. The van der Waals surface area contributed by atoms with Gasteiger partial charge in [-0.3, -0.25) is 0 Å². The molecule has 8 heteroatoms. The summed E-state index contributed by atoms with van der Waals surface area (Å²) in [6.45, 7) is 6.04. The summed E-state index contributed by atoms with van der Waals surface area (Å²) in [5.74, 6) is 0.717. The Labute approximate surface area is 175 Å². The minimum absolute atomic E-state index is 0.0119. The highest BCUT2D eigenvalue weighted by molar-refractivity contribution is 7.91. The van der Waals surface area contributed by atoms with Crippen LogP contribution in [0, 0.1) is 0 Å². The second-order valence-electron chi connectivity index (χ2n) is 5.67. The number of benzene rings is 2. The second-order valence-corrected chi connectivity index (χ2v) is 7.98. The van der Waals surface area contributed by atoms with Gasteiger partial charge in [0.1, 0.15) is 19.3 Å². The van der Waals surface area contributed by atoms with Gasteiger partial charge in [-0.15, -0.1) is 0 Å². The van der Waals surface area contributed by atoms with E-state index in [0.717, 1.165) is 18.4 Å². The standard InChI is InChI=1S/C19H18ClNO3S.2CH2O/c1-2-3-9-17-19(21-18(24-17)14-7-5-4-6-8-14)25(22,23)16-12-10-15(20)11-13-16;2*1-2/h4-8,10-13H,2-3,9H2,1H3;2*1H2. The molecule has 2 aromatic carbocycles. The van der Waals surface area contributed by atoms with Crippen molar-refractivity contribution in [3.05, 3.63) is 65.4 Å². The molecule has 0 spiro atoms. The van der Waals surface area contributed by atoms with Gasteiger partial charge in [0.05, 0.1) is 4.90 Å². The third-order valence-electron chi connectivity index (χ3n) is 3.82. The summed E-state index contributed by atoms with van der Waals surface area (Å²) in [6, 6.07) is 15.4. The molecule has 0 N–H and O–H groups in total. The van der Waals surface area contributed by atoms with Gasteiger partial charge in [0, 0.05) is 17.0 Å². The summed E-state index contributed by atoms with van der Waals surface area (Å²) < 4.78 is 31.8. The number of oxazole rings is 1. The van der Waals surface area contributed by atoms with Crippen molar-refractivity contribution >= 4 is 35.0 Å². The lowest BCUT2D eigenvalue weighted by atomic mass is 10.2. The molecule has 0 atom stereocenters. The van der Waals surface area contributed by atoms with E-state index in [0.29, 0.717) is 23.1 Å². The molecule has 0 saturated heterocycles. The largest absolute Gasteiger partial charge is 0.440 e. The predicted molar refractivity (Wildman–Crippen MR) is 112 cm³/mol. The van der Waals surface area contributed by atoms with E-state index in [2.05, 4.69) is 4.98 Å². The normalized spacial score (nSPS) is 10.3. The summed E-state index contributed by atoms with van der Waals surface area (Å²) in [5, 5.41) is 0.470. The average Bonchev–Trinajstić information content (AvgIpc) is 3.21. The van der Waals surface area contributed by atoms with Crippen LogP contribution >= 0.6 is 11.6 Å². The van der Waals surface area contributed by atoms with Crippen LogP contribution in [-0.4, -0.2) is 27.0 Å². The number of hydrogen-bond donors (Lipinski definition) is 0. The number of aromatic nitrogens is 1. The van der Waals surface area contributed by atoms with Gasteiger partial charge in [0.15, 0.2) is 0 Å². The number of aryl methyl sites for hydroxylation is 1. The van der Waals surface area contributed by atoms with Crippen molar-refractivity contribution in [3.63, 3.8) is 0 Å². The van der Waals surface area contributed by atoms with E-state index in [1.807, 2.05) is 50.8 Å². The van der Waals surface area contributed by atoms with Crippen molar-refractivity contribution in [1.82, 2.24) is 4.98 Å². The van der Waals surface area contributed by atoms with Crippen molar-refractivity contribution < 1.29 is 22.4 Å². The van der Waals surface area contributed by atoms with Gasteiger partial charge in [0.2, 0.25) is 20.8 Å². The quantitative estimate of drug-likeness (QED) is 0.551. The van der Waals surface area contributed by atoms with Gasteiger partial charge in [-0.2, -0.15) is 4.98 Å². The Morgan fingerprint density at radius 2 is 1.55 bits per heavy atom. The van der Waals surface area contributed by atoms with Gasteiger partial charge >= 0.3 is 0 Å². The van der Waals surface area contributed by atoms with Crippen molar-refractivity contribution in [2.45, 2.75) is 36.1 Å². The highest BCUT2D eigenvalue weighted by Gasteiger charge is 2.27. The molecule has 6 nitrogen and oxygen atoms in total. The Morgan fingerprint density at radius 1 is 0.966 bits per heavy atom. The van der Waals surface area contributed by atoms with Crippen LogP contribution in [0.5, 0.6) is 0 Å². The Balaban J connectivity index is 0.000000989. The highest BCUT2D eigenvalue weighted by atomic mass is 35.5. The van der Waals surface area contributed by atoms with Crippen molar-refractivity contribution in [3.8, 4) is 11.5 Å². The first-order valence-electron chi connectivity index (χ1n) is 8.66. The third kappa shape index (κ3) is 6.10. The van der Waals surface area contributed by atoms with Gasteiger partial charge < -0.3 is 14.0 Å². The zero-order valence-corrected chi connectivity index (χ0v) is 17.6. The SMILES string of the molecule is C=O.C=O.CCCCc1oc(-c2ccccc2)nc1S(=O)(=O)c1ccc(Cl)cc1. The minimum Gasteiger partial charge on any atom is -0.440 e. The van der Waals surface area contributed by atoms with E-state index >= 15 is 0 Å². The molecular weight excluding hydrogens is 414 g/mol. The van der Waals surface area contributed by atoms with Crippen LogP contribution in [0.3, 0.4) is 0 Å². The molecule has 0 unspecified atom stereocenters. The average molecular weight is 436 g/mol. The second kappa shape index (κ2) is 11.9. The third-order valence-corrected chi connectivity index (χ3v) is 5.79. The number of hydrogen-bond acceptors (Lipinski definition) is 6. The van der Waals surface area contributed by atoms with Crippen LogP contribution in [0.2, 0.25) is 5.02 Å². The molecule has 0 aliphatic heterocycles. The number of carbonyl (C=O) groups excluding carboxylic acids is 2. The smallest absolute Gasteiger partial charge is 0.227 e. The molecule has 0 bridgehead atoms. The molecule has 3 rings (SSSR count). The molecule has 154 valence electrons. The first-order chi connectivity index (χ1) is 14.0. The minimum atomic E-state index is -3.77. The van der Waals surface area contributed by atoms with E-state index in [1.165, 1.54) is 12.1 Å². The van der Waals surface area contributed by atoms with Gasteiger partial charge in [-0.1, -0.05) is 43.1 Å². The maximum atomic E-state index is 13.0. The zero-order valence-electron chi connectivity index (χ0n) is 16.0. The molecule has 3 aromatic rings. The van der Waals surface area contributed by atoms with Gasteiger partial charge in [0.25, 0.3) is 0 Å². The lowest BCUT2D eigenvalue weighted by Gasteiger charge is -2.03. The number of sulfone groups is 1. The Morgan fingerprint density at radius 3 is 2.10 bits per heavy atom. The van der Waals surface area contributed by atoms with Crippen LogP contribution in [0.15, 0.2) is 68.9 Å². The number of nitrogens with zero attached hydrogens (tertiary/aromatic N) is 1. The maximum Gasteiger partial charge on any atom is 0.227 e. The molecule has 1 aromatic heterocycles. The van der Waals surface area contributed by atoms with E-state index in [-0.39, 0.29) is 9.92 Å². The van der Waals surface area contributed by atoms with E-state index < -0.39 is 9.84 Å². The number of halogens is 1. The van der Waals surface area contributed by atoms with Gasteiger partial charge in [-0.05, 0) is 42.8 Å². The van der Waals surface area contributed by atoms with E-state index in [9.17, 15) is 8.42 Å². The number of carbonyl (C=O) groups is 2. The van der Waals surface area contributed by atoms with Crippen molar-refractivity contribution in [2.24, 2.45) is 0 Å². The van der Waals surface area contributed by atoms with Crippen LogP contribution in [0.1, 0.15) is 25.5 Å². The molecule has 0 radical (unpaired) electrons. The Bertz CT molecular complexity index is 984. The molecule has 0 aliphatic carbocycles. The fourth-order valence-electron chi connectivity index (χ4n) is 2.47. The monoisotopic (exact) mass is 435 g/mol. The zero-order chi connectivity index (χ0) is 21.9. The van der Waals surface area contributed by atoms with Crippen LogP contribution in [0.25, 0.3) is 11.5 Å². The maximum absolute atomic E-state index is 13.0. The molecule has 0 amide bonds. The fraction of sp³-hybridized carbons (Fsp3) is 0.190. The number of rotatable bonds is 6. The lowest BCUT2D eigenvalue weighted by molar-refractivity contribution is -0.0987.